The fourth-order valence-corrected chi connectivity index (χ4v) is 3.06. The molecule has 1 saturated heterocycles. The van der Waals surface area contributed by atoms with Crippen LogP contribution in [0.1, 0.15) is 65.0 Å². The van der Waals surface area contributed by atoms with Gasteiger partial charge in [0.1, 0.15) is 18.0 Å². The second-order valence-corrected chi connectivity index (χ2v) is 8.58. The minimum Gasteiger partial charge on any atom is -0.444 e. The van der Waals surface area contributed by atoms with Crippen LogP contribution >= 0.6 is 0 Å². The smallest absolute Gasteiger partial charge is 0.410 e. The van der Waals surface area contributed by atoms with Gasteiger partial charge in [-0.25, -0.2) is 9.79 Å². The normalized spacial score (nSPS) is 17.9. The lowest BCUT2D eigenvalue weighted by molar-refractivity contribution is 0.0193. The van der Waals surface area contributed by atoms with Crippen LogP contribution in [0.15, 0.2) is 4.99 Å². The molecule has 9 heteroatoms. The maximum Gasteiger partial charge on any atom is 0.410 e. The van der Waals surface area contributed by atoms with Crippen molar-refractivity contribution >= 4 is 12.1 Å². The average Bonchev–Trinajstić information content (AvgIpc) is 2.97. The number of aliphatic imine (C=N–C) groups is 1. The second-order valence-electron chi connectivity index (χ2n) is 8.58. The Morgan fingerprint density at radius 2 is 2.10 bits per heavy atom. The number of carbonyl (C=O) groups is 1. The second kappa shape index (κ2) is 10.5. The molecule has 1 fully saturated rings. The van der Waals surface area contributed by atoms with Gasteiger partial charge in [-0.3, -0.25) is 0 Å². The Balaban J connectivity index is 2.00. The predicted molar refractivity (Wildman–Crippen MR) is 114 cm³/mol. The molecule has 1 atom stereocenters. The summed E-state index contributed by atoms with van der Waals surface area (Å²) in [7, 11) is 1.94. The monoisotopic (exact) mass is 407 g/mol. The van der Waals surface area contributed by atoms with E-state index in [1.54, 1.807) is 4.90 Å². The van der Waals surface area contributed by atoms with Crippen molar-refractivity contribution in [2.24, 2.45) is 12.0 Å². The molecule has 29 heavy (non-hydrogen) atoms. The Bertz CT molecular complexity index is 693. The van der Waals surface area contributed by atoms with Crippen molar-refractivity contribution in [2.75, 3.05) is 19.6 Å². The summed E-state index contributed by atoms with van der Waals surface area (Å²) in [5.74, 6) is 2.43. The van der Waals surface area contributed by atoms with Crippen molar-refractivity contribution in [3.05, 3.63) is 11.6 Å². The molecule has 0 aromatic carbocycles. The summed E-state index contributed by atoms with van der Waals surface area (Å²) >= 11 is 0. The number of guanidine groups is 1. The Kier molecular flexibility index (Phi) is 8.28. The number of unbranched alkanes of at least 4 members (excludes halogenated alkanes) is 1. The Hall–Kier alpha value is -2.32. The first-order chi connectivity index (χ1) is 13.7. The van der Waals surface area contributed by atoms with E-state index in [1.165, 1.54) is 0 Å². The van der Waals surface area contributed by atoms with Crippen LogP contribution in [0.25, 0.3) is 0 Å². The highest BCUT2D eigenvalue weighted by atomic mass is 16.6. The van der Waals surface area contributed by atoms with Crippen molar-refractivity contribution in [3.8, 4) is 0 Å². The van der Waals surface area contributed by atoms with E-state index in [9.17, 15) is 4.79 Å². The van der Waals surface area contributed by atoms with Crippen molar-refractivity contribution in [3.63, 3.8) is 0 Å². The standard InChI is InChI=1S/C20H37N7O2/c1-7-8-11-21-18(22-13-17-25-24-15(2)26(17)6)23-16-10-9-12-27(14-16)19(28)29-20(3,4)5/h16H,7-14H2,1-6H3,(H2,21,22,23). The molecule has 2 heterocycles. The van der Waals surface area contributed by atoms with E-state index in [4.69, 9.17) is 9.73 Å². The Labute approximate surface area is 174 Å². The molecule has 1 aromatic rings. The molecule has 0 spiro atoms. The highest BCUT2D eigenvalue weighted by molar-refractivity contribution is 5.80. The van der Waals surface area contributed by atoms with Gasteiger partial charge in [0, 0.05) is 32.7 Å². The molecular formula is C20H37N7O2. The first kappa shape index (κ1) is 23.0. The number of carbonyl (C=O) groups excluding carboxylic acids is 1. The number of nitrogens with one attached hydrogen (secondary N) is 2. The fourth-order valence-electron chi connectivity index (χ4n) is 3.06. The third-order valence-corrected chi connectivity index (χ3v) is 4.80. The number of aryl methyl sites for hydroxylation is 1. The van der Waals surface area contributed by atoms with Crippen LogP contribution in [0.5, 0.6) is 0 Å². The van der Waals surface area contributed by atoms with Crippen LogP contribution in [-0.4, -0.2) is 63.0 Å². The van der Waals surface area contributed by atoms with Gasteiger partial charge in [-0.1, -0.05) is 13.3 Å². The molecule has 2 N–H and O–H groups in total. The van der Waals surface area contributed by atoms with E-state index in [-0.39, 0.29) is 12.1 Å². The molecule has 1 amide bonds. The summed E-state index contributed by atoms with van der Waals surface area (Å²) in [5, 5.41) is 15.2. The lowest BCUT2D eigenvalue weighted by atomic mass is 10.1. The number of amides is 1. The third kappa shape index (κ3) is 7.55. The number of nitrogens with zero attached hydrogens (tertiary/aromatic N) is 5. The summed E-state index contributed by atoms with van der Waals surface area (Å²) in [6.07, 6.45) is 3.84. The number of rotatable bonds is 6. The molecular weight excluding hydrogens is 370 g/mol. The van der Waals surface area contributed by atoms with Crippen LogP contribution in [0.4, 0.5) is 4.79 Å². The quantitative estimate of drug-likeness (QED) is 0.427. The number of ether oxygens (including phenoxy) is 1. The summed E-state index contributed by atoms with van der Waals surface area (Å²) in [6.45, 7) is 12.4. The predicted octanol–water partition coefficient (Wildman–Crippen LogP) is 2.36. The van der Waals surface area contributed by atoms with Crippen LogP contribution in [0.2, 0.25) is 0 Å². The summed E-state index contributed by atoms with van der Waals surface area (Å²) < 4.78 is 7.47. The van der Waals surface area contributed by atoms with E-state index in [1.807, 2.05) is 39.3 Å². The van der Waals surface area contributed by atoms with Crippen LogP contribution in [0, 0.1) is 6.92 Å². The van der Waals surface area contributed by atoms with E-state index in [0.717, 1.165) is 56.4 Å². The highest BCUT2D eigenvalue weighted by Crippen LogP contribution is 2.15. The summed E-state index contributed by atoms with van der Waals surface area (Å²) in [4.78, 5) is 18.9. The van der Waals surface area contributed by atoms with Gasteiger partial charge >= 0.3 is 6.09 Å². The molecule has 0 radical (unpaired) electrons. The topological polar surface area (TPSA) is 96.7 Å². The number of aromatic nitrogens is 3. The van der Waals surface area contributed by atoms with Gasteiger partial charge in [-0.15, -0.1) is 10.2 Å². The van der Waals surface area contributed by atoms with E-state index >= 15 is 0 Å². The molecule has 164 valence electrons. The molecule has 9 nitrogen and oxygen atoms in total. The fraction of sp³-hybridized carbons (Fsp3) is 0.800. The minimum atomic E-state index is -0.486. The van der Waals surface area contributed by atoms with Crippen LogP contribution in [-0.2, 0) is 18.3 Å². The van der Waals surface area contributed by atoms with Gasteiger partial charge in [0.05, 0.1) is 0 Å². The molecule has 1 aliphatic rings. The van der Waals surface area contributed by atoms with Crippen molar-refractivity contribution < 1.29 is 9.53 Å². The van der Waals surface area contributed by atoms with Gasteiger partial charge in [0.2, 0.25) is 0 Å². The van der Waals surface area contributed by atoms with Crippen molar-refractivity contribution in [2.45, 2.75) is 78.5 Å². The van der Waals surface area contributed by atoms with Crippen LogP contribution in [0.3, 0.4) is 0 Å². The molecule has 0 saturated carbocycles. The summed E-state index contributed by atoms with van der Waals surface area (Å²) in [5.41, 5.74) is -0.486. The lowest BCUT2D eigenvalue weighted by Gasteiger charge is -2.35. The van der Waals surface area contributed by atoms with Gasteiger partial charge in [-0.2, -0.15) is 0 Å². The number of likely N-dealkylation sites (tertiary alicyclic amines) is 1. The number of hydrogen-bond donors (Lipinski definition) is 2. The van der Waals surface area contributed by atoms with Gasteiger partial charge < -0.3 is 24.8 Å². The van der Waals surface area contributed by atoms with Gasteiger partial charge in [0.25, 0.3) is 0 Å². The van der Waals surface area contributed by atoms with Crippen molar-refractivity contribution in [1.29, 1.82) is 0 Å². The number of piperidine rings is 1. The highest BCUT2D eigenvalue weighted by Gasteiger charge is 2.28. The first-order valence-corrected chi connectivity index (χ1v) is 10.6. The Morgan fingerprint density at radius 1 is 1.34 bits per heavy atom. The zero-order valence-electron chi connectivity index (χ0n) is 18.8. The van der Waals surface area contributed by atoms with Crippen molar-refractivity contribution in [1.82, 2.24) is 30.3 Å². The maximum absolute atomic E-state index is 12.4. The van der Waals surface area contributed by atoms with Crippen LogP contribution < -0.4 is 10.6 Å². The maximum atomic E-state index is 12.4. The average molecular weight is 408 g/mol. The molecule has 0 aliphatic carbocycles. The molecule has 1 unspecified atom stereocenters. The third-order valence-electron chi connectivity index (χ3n) is 4.80. The van der Waals surface area contributed by atoms with E-state index < -0.39 is 5.60 Å². The molecule has 0 bridgehead atoms. The summed E-state index contributed by atoms with van der Waals surface area (Å²) in [6, 6.07) is 0.130. The van der Waals surface area contributed by atoms with E-state index in [2.05, 4.69) is 27.8 Å². The molecule has 1 aliphatic heterocycles. The first-order valence-electron chi connectivity index (χ1n) is 10.6. The molecule has 1 aromatic heterocycles. The zero-order chi connectivity index (χ0) is 21.4. The van der Waals surface area contributed by atoms with Gasteiger partial charge in [-0.05, 0) is 47.0 Å². The Morgan fingerprint density at radius 3 is 2.72 bits per heavy atom. The van der Waals surface area contributed by atoms with E-state index in [0.29, 0.717) is 13.1 Å². The largest absolute Gasteiger partial charge is 0.444 e. The molecule has 2 rings (SSSR count). The number of hydrogen-bond acceptors (Lipinski definition) is 5. The minimum absolute atomic E-state index is 0.130. The zero-order valence-corrected chi connectivity index (χ0v) is 18.8. The lowest BCUT2D eigenvalue weighted by Crippen LogP contribution is -2.53. The SMILES string of the molecule is CCCCNC(=NCc1nnc(C)n1C)NC1CCCN(C(=O)OC(C)(C)C)C1. The van der Waals surface area contributed by atoms with Gasteiger partial charge in [0.15, 0.2) is 11.8 Å².